The first-order valence-electron chi connectivity index (χ1n) is 8.03. The zero-order valence-electron chi connectivity index (χ0n) is 14.0. The number of fused-ring (bicyclic) bond motifs is 1. The molecular weight excluding hydrogens is 340 g/mol. The van der Waals surface area contributed by atoms with Crippen molar-refractivity contribution in [1.29, 1.82) is 0 Å². The van der Waals surface area contributed by atoms with Crippen molar-refractivity contribution in [3.05, 3.63) is 52.0 Å². The molecule has 0 bridgehead atoms. The molecule has 3 nitrogen and oxygen atoms in total. The molecule has 24 heavy (non-hydrogen) atoms. The Balaban J connectivity index is 1.99. The molecule has 1 heterocycles. The quantitative estimate of drug-likeness (QED) is 0.286. The third-order valence-corrected chi connectivity index (χ3v) is 6.00. The summed E-state index contributed by atoms with van der Waals surface area (Å²) in [6.07, 6.45) is 2.74. The number of rotatable bonds is 8. The third-order valence-electron chi connectivity index (χ3n) is 3.61. The van der Waals surface area contributed by atoms with Crippen LogP contribution in [0.15, 0.2) is 52.2 Å². The van der Waals surface area contributed by atoms with Gasteiger partial charge in [-0.05, 0) is 32.3 Å². The van der Waals surface area contributed by atoms with Crippen LogP contribution in [0.4, 0.5) is 0 Å². The topological polar surface area (TPSA) is 43.4 Å². The Labute approximate surface area is 150 Å². The fourth-order valence-electron chi connectivity index (χ4n) is 2.30. The van der Waals surface area contributed by atoms with Crippen molar-refractivity contribution in [3.63, 3.8) is 0 Å². The number of esters is 1. The van der Waals surface area contributed by atoms with Crippen molar-refractivity contribution in [2.75, 3.05) is 6.61 Å². The van der Waals surface area contributed by atoms with Crippen LogP contribution in [0.25, 0.3) is 10.1 Å². The first-order chi connectivity index (χ1) is 11.5. The van der Waals surface area contributed by atoms with Crippen LogP contribution in [0.5, 0.6) is 0 Å². The summed E-state index contributed by atoms with van der Waals surface area (Å²) in [6.45, 7) is 7.77. The predicted octanol–water partition coefficient (Wildman–Crippen LogP) is 5.03. The minimum Gasteiger partial charge on any atom is -0.462 e. The first kappa shape index (κ1) is 18.7. The van der Waals surface area contributed by atoms with Gasteiger partial charge in [0.2, 0.25) is 4.74 Å². The van der Waals surface area contributed by atoms with Gasteiger partial charge >= 0.3 is 5.97 Å². The highest BCUT2D eigenvalue weighted by atomic mass is 32.2. The zero-order chi connectivity index (χ0) is 17.5. The molecule has 128 valence electrons. The molecular formula is C19H22O3S2. The maximum atomic E-state index is 11.9. The van der Waals surface area contributed by atoms with Crippen molar-refractivity contribution in [2.24, 2.45) is 0 Å². The molecule has 1 unspecified atom stereocenters. The van der Waals surface area contributed by atoms with Crippen LogP contribution in [0.2, 0.25) is 0 Å². The fraction of sp³-hybridized carbons (Fsp3) is 0.368. The molecule has 0 amide bonds. The molecule has 1 aromatic heterocycles. The molecule has 2 aromatic rings. The van der Waals surface area contributed by atoms with Gasteiger partial charge in [0, 0.05) is 31.9 Å². The predicted molar refractivity (Wildman–Crippen MR) is 103 cm³/mol. The van der Waals surface area contributed by atoms with Gasteiger partial charge in [0.05, 0.1) is 6.61 Å². The molecule has 0 radical (unpaired) electrons. The third kappa shape index (κ3) is 5.21. The minimum absolute atomic E-state index is 0.0847. The van der Waals surface area contributed by atoms with E-state index < -0.39 is 0 Å². The van der Waals surface area contributed by atoms with E-state index in [2.05, 4.69) is 19.6 Å². The highest BCUT2D eigenvalue weighted by Crippen LogP contribution is 2.33. The molecule has 5 heteroatoms. The average Bonchev–Trinajstić information content (AvgIpc) is 2.56. The molecule has 0 spiro atoms. The Morgan fingerprint density at radius 3 is 2.83 bits per heavy atom. The molecule has 0 aliphatic heterocycles. The Kier molecular flexibility index (Phi) is 7.06. The number of benzene rings is 1. The molecule has 0 saturated heterocycles. The smallest absolute Gasteiger partial charge is 0.333 e. The monoisotopic (exact) mass is 362 g/mol. The van der Waals surface area contributed by atoms with Gasteiger partial charge in [-0.2, -0.15) is 0 Å². The van der Waals surface area contributed by atoms with E-state index in [1.807, 2.05) is 18.2 Å². The number of carbonyl (C=O) groups is 1. The van der Waals surface area contributed by atoms with Gasteiger partial charge in [0.25, 0.3) is 0 Å². The summed E-state index contributed by atoms with van der Waals surface area (Å²) in [7, 11) is 0. The number of thioether (sulfide) groups is 1. The Bertz CT molecular complexity index is 780. The van der Waals surface area contributed by atoms with Gasteiger partial charge in [-0.15, -0.1) is 11.8 Å². The van der Waals surface area contributed by atoms with Gasteiger partial charge in [0.1, 0.15) is 0 Å². The second-order valence-electron chi connectivity index (χ2n) is 5.63. The van der Waals surface area contributed by atoms with E-state index in [4.69, 9.17) is 4.74 Å². The molecule has 1 atom stereocenters. The summed E-state index contributed by atoms with van der Waals surface area (Å²) < 4.78 is 6.25. The minimum atomic E-state index is -0.331. The SMILES string of the molecule is C=C(C)C(=O)OCCCC(CC)Sc1cc(=O)sc2ccccc12. The van der Waals surface area contributed by atoms with Crippen molar-refractivity contribution in [3.8, 4) is 0 Å². The lowest BCUT2D eigenvalue weighted by Crippen LogP contribution is -2.09. The highest BCUT2D eigenvalue weighted by molar-refractivity contribution is 8.00. The summed E-state index contributed by atoms with van der Waals surface area (Å²) in [5.41, 5.74) is 0.427. The summed E-state index contributed by atoms with van der Waals surface area (Å²) >= 11 is 3.03. The zero-order valence-corrected chi connectivity index (χ0v) is 15.7. The van der Waals surface area contributed by atoms with Crippen molar-refractivity contribution < 1.29 is 9.53 Å². The summed E-state index contributed by atoms with van der Waals surface area (Å²) in [4.78, 5) is 24.3. The van der Waals surface area contributed by atoms with Gasteiger partial charge in [-0.3, -0.25) is 4.79 Å². The van der Waals surface area contributed by atoms with E-state index in [1.54, 1.807) is 24.8 Å². The van der Waals surface area contributed by atoms with Crippen LogP contribution < -0.4 is 4.74 Å². The summed E-state index contributed by atoms with van der Waals surface area (Å²) in [6, 6.07) is 9.75. The average molecular weight is 363 g/mol. The van der Waals surface area contributed by atoms with E-state index in [9.17, 15) is 9.59 Å². The molecule has 0 fully saturated rings. The molecule has 0 N–H and O–H groups in total. The lowest BCUT2D eigenvalue weighted by atomic mass is 10.2. The van der Waals surface area contributed by atoms with Crippen LogP contribution in [-0.4, -0.2) is 17.8 Å². The fourth-order valence-corrected chi connectivity index (χ4v) is 4.56. The normalized spacial score (nSPS) is 12.1. The largest absolute Gasteiger partial charge is 0.462 e. The number of carbonyl (C=O) groups excluding carboxylic acids is 1. The summed E-state index contributed by atoms with van der Waals surface area (Å²) in [5, 5.41) is 1.53. The van der Waals surface area contributed by atoms with Gasteiger partial charge in [-0.1, -0.05) is 43.0 Å². The van der Waals surface area contributed by atoms with E-state index in [-0.39, 0.29) is 10.7 Å². The highest BCUT2D eigenvalue weighted by Gasteiger charge is 2.12. The van der Waals surface area contributed by atoms with Gasteiger partial charge in [0.15, 0.2) is 0 Å². The maximum absolute atomic E-state index is 11.9. The van der Waals surface area contributed by atoms with E-state index >= 15 is 0 Å². The Morgan fingerprint density at radius 1 is 1.38 bits per heavy atom. The van der Waals surface area contributed by atoms with Crippen molar-refractivity contribution in [1.82, 2.24) is 0 Å². The maximum Gasteiger partial charge on any atom is 0.333 e. The molecule has 1 aromatic carbocycles. The van der Waals surface area contributed by atoms with Crippen molar-refractivity contribution in [2.45, 2.75) is 43.3 Å². The standard InChI is InChI=1S/C19H22O3S2/c1-4-14(8-7-11-22-19(21)13(2)3)23-17-12-18(20)24-16-10-6-5-9-15(16)17/h5-6,9-10,12,14H,2,4,7-8,11H2,1,3H3. The van der Waals surface area contributed by atoms with Crippen LogP contribution in [0.3, 0.4) is 0 Å². The van der Waals surface area contributed by atoms with Crippen LogP contribution in [0, 0.1) is 0 Å². The van der Waals surface area contributed by atoms with E-state index in [0.717, 1.165) is 34.2 Å². The summed E-state index contributed by atoms with van der Waals surface area (Å²) in [5.74, 6) is -0.331. The number of hydrogen-bond donors (Lipinski definition) is 0. The van der Waals surface area contributed by atoms with E-state index in [0.29, 0.717) is 17.4 Å². The lowest BCUT2D eigenvalue weighted by Gasteiger charge is -2.15. The van der Waals surface area contributed by atoms with Crippen LogP contribution >= 0.6 is 23.1 Å². The Hall–Kier alpha value is -1.59. The molecule has 2 rings (SSSR count). The first-order valence-corrected chi connectivity index (χ1v) is 9.73. The molecule has 0 saturated carbocycles. The second-order valence-corrected chi connectivity index (χ2v) is 8.02. The van der Waals surface area contributed by atoms with Crippen LogP contribution in [-0.2, 0) is 9.53 Å². The van der Waals surface area contributed by atoms with E-state index in [1.165, 1.54) is 11.3 Å². The van der Waals surface area contributed by atoms with Crippen LogP contribution in [0.1, 0.15) is 33.1 Å². The molecule has 0 aliphatic carbocycles. The second kappa shape index (κ2) is 9.04. The number of hydrogen-bond acceptors (Lipinski definition) is 5. The van der Waals surface area contributed by atoms with Crippen molar-refractivity contribution >= 4 is 39.2 Å². The number of ether oxygens (including phenoxy) is 1. The Morgan fingerprint density at radius 2 is 2.12 bits per heavy atom. The van der Waals surface area contributed by atoms with Gasteiger partial charge < -0.3 is 4.74 Å². The lowest BCUT2D eigenvalue weighted by molar-refractivity contribution is -0.139. The molecule has 0 aliphatic rings. The van der Waals surface area contributed by atoms with Gasteiger partial charge in [-0.25, -0.2) is 4.79 Å².